The molecule has 10 nitrogen and oxygen atoms in total. The number of hydrogen-bond donors (Lipinski definition) is 2. The van der Waals surface area contributed by atoms with Crippen LogP contribution in [0.15, 0.2) is 79.5 Å². The first-order chi connectivity index (χ1) is 16.0. The number of nitro benzene ring substituents is 1. The number of amides is 1. The van der Waals surface area contributed by atoms with Crippen LogP contribution < -0.4 is 10.6 Å². The second-order valence-corrected chi connectivity index (χ2v) is 7.30. The molecule has 2 aromatic heterocycles. The summed E-state index contributed by atoms with van der Waals surface area (Å²) in [7, 11) is 0. The molecule has 1 atom stereocenters. The fourth-order valence-electron chi connectivity index (χ4n) is 3.28. The highest BCUT2D eigenvalue weighted by Gasteiger charge is 2.19. The minimum absolute atomic E-state index is 0.178. The average molecular weight is 443 g/mol. The number of nitrogens with one attached hydrogen (secondary N) is 2. The number of carbonyl (C=O) groups is 1. The predicted molar refractivity (Wildman–Crippen MR) is 122 cm³/mol. The first-order valence-electron chi connectivity index (χ1n) is 10.2. The topological polar surface area (TPSA) is 128 Å². The first kappa shape index (κ1) is 21.6. The Morgan fingerprint density at radius 2 is 1.97 bits per heavy atom. The maximum Gasteiger partial charge on any atom is 0.293 e. The maximum absolute atomic E-state index is 12.6. The SMILES string of the molecule is CC(Nc1ccc(C(=O)NCc2ccc(-n3cncn3)cc2)cc1[N+](=O)[O-])c1ccccn1. The molecule has 4 rings (SSSR count). The molecule has 0 radical (unpaired) electrons. The fraction of sp³-hybridized carbons (Fsp3) is 0.130. The Labute approximate surface area is 189 Å². The first-order valence-corrected chi connectivity index (χ1v) is 10.2. The largest absolute Gasteiger partial charge is 0.371 e. The molecule has 33 heavy (non-hydrogen) atoms. The molecule has 2 aromatic carbocycles. The van der Waals surface area contributed by atoms with E-state index in [2.05, 4.69) is 25.7 Å². The molecule has 10 heteroatoms. The molecule has 0 aliphatic rings. The fourth-order valence-corrected chi connectivity index (χ4v) is 3.28. The quantitative estimate of drug-likeness (QED) is 0.314. The summed E-state index contributed by atoms with van der Waals surface area (Å²) in [6, 6.07) is 17.1. The van der Waals surface area contributed by atoms with Crippen LogP contribution in [-0.2, 0) is 6.54 Å². The summed E-state index contributed by atoms with van der Waals surface area (Å²) in [6.45, 7) is 2.14. The van der Waals surface area contributed by atoms with Gasteiger partial charge in [0.25, 0.3) is 11.6 Å². The minimum atomic E-state index is -0.507. The molecule has 1 unspecified atom stereocenters. The number of nitrogens with zero attached hydrogens (tertiary/aromatic N) is 5. The van der Waals surface area contributed by atoms with E-state index in [9.17, 15) is 14.9 Å². The molecule has 0 aliphatic carbocycles. The maximum atomic E-state index is 12.6. The van der Waals surface area contributed by atoms with Crippen molar-refractivity contribution in [3.63, 3.8) is 0 Å². The van der Waals surface area contributed by atoms with Gasteiger partial charge in [-0.2, -0.15) is 5.10 Å². The Kier molecular flexibility index (Phi) is 6.35. The normalized spacial score (nSPS) is 11.5. The molecule has 0 fully saturated rings. The van der Waals surface area contributed by atoms with Gasteiger partial charge in [0.15, 0.2) is 0 Å². The average Bonchev–Trinajstić information content (AvgIpc) is 3.38. The summed E-state index contributed by atoms with van der Waals surface area (Å²) in [5.41, 5.74) is 2.83. The van der Waals surface area contributed by atoms with Gasteiger partial charge in [-0.25, -0.2) is 9.67 Å². The van der Waals surface area contributed by atoms with Crippen molar-refractivity contribution in [1.82, 2.24) is 25.1 Å². The van der Waals surface area contributed by atoms with Gasteiger partial charge in [-0.05, 0) is 48.9 Å². The lowest BCUT2D eigenvalue weighted by molar-refractivity contribution is -0.384. The van der Waals surface area contributed by atoms with Crippen molar-refractivity contribution >= 4 is 17.3 Å². The van der Waals surface area contributed by atoms with E-state index in [0.29, 0.717) is 5.69 Å². The number of aromatic nitrogens is 4. The van der Waals surface area contributed by atoms with Crippen molar-refractivity contribution in [2.75, 3.05) is 5.32 Å². The van der Waals surface area contributed by atoms with Gasteiger partial charge in [-0.1, -0.05) is 18.2 Å². The smallest absolute Gasteiger partial charge is 0.293 e. The van der Waals surface area contributed by atoms with Crippen LogP contribution in [0.2, 0.25) is 0 Å². The predicted octanol–water partition coefficient (Wildman–Crippen LogP) is 3.67. The van der Waals surface area contributed by atoms with Crippen molar-refractivity contribution in [2.45, 2.75) is 19.5 Å². The highest BCUT2D eigenvalue weighted by molar-refractivity contribution is 5.95. The lowest BCUT2D eigenvalue weighted by atomic mass is 10.1. The standard InChI is InChI=1S/C23H21N7O3/c1-16(20-4-2-3-11-25-20)28-21-10-7-18(12-22(21)30(32)33)23(31)26-13-17-5-8-19(9-6-17)29-15-24-14-27-29/h2-12,14-16,28H,13H2,1H3,(H,26,31). The summed E-state index contributed by atoms with van der Waals surface area (Å²) >= 11 is 0. The molecule has 0 saturated carbocycles. The van der Waals surface area contributed by atoms with E-state index in [-0.39, 0.29) is 23.8 Å². The number of hydrogen-bond acceptors (Lipinski definition) is 7. The number of pyridine rings is 1. The zero-order chi connectivity index (χ0) is 23.2. The van der Waals surface area contributed by atoms with E-state index in [1.807, 2.05) is 43.3 Å². The molecular weight excluding hydrogens is 422 g/mol. The van der Waals surface area contributed by atoms with Crippen molar-refractivity contribution in [3.8, 4) is 5.69 Å². The second kappa shape index (κ2) is 9.69. The van der Waals surface area contributed by atoms with E-state index < -0.39 is 10.8 Å². The van der Waals surface area contributed by atoms with Crippen LogP contribution in [-0.4, -0.2) is 30.6 Å². The van der Waals surface area contributed by atoms with Crippen molar-refractivity contribution in [2.24, 2.45) is 0 Å². The molecule has 2 heterocycles. The van der Waals surface area contributed by atoms with Crippen LogP contribution in [0.25, 0.3) is 5.69 Å². The van der Waals surface area contributed by atoms with Crippen LogP contribution >= 0.6 is 0 Å². The Balaban J connectivity index is 1.43. The van der Waals surface area contributed by atoms with Gasteiger partial charge in [0, 0.05) is 24.4 Å². The molecule has 1 amide bonds. The van der Waals surface area contributed by atoms with Gasteiger partial charge in [0.2, 0.25) is 0 Å². The van der Waals surface area contributed by atoms with Crippen LogP contribution in [0.4, 0.5) is 11.4 Å². The Morgan fingerprint density at radius 3 is 2.64 bits per heavy atom. The van der Waals surface area contributed by atoms with E-state index in [0.717, 1.165) is 16.9 Å². The van der Waals surface area contributed by atoms with E-state index in [1.165, 1.54) is 12.4 Å². The van der Waals surface area contributed by atoms with Crippen molar-refractivity contribution < 1.29 is 9.72 Å². The molecule has 0 bridgehead atoms. The highest BCUT2D eigenvalue weighted by atomic mass is 16.6. The van der Waals surface area contributed by atoms with Crippen LogP contribution in [0.5, 0.6) is 0 Å². The highest BCUT2D eigenvalue weighted by Crippen LogP contribution is 2.29. The number of nitro groups is 1. The van der Waals surface area contributed by atoms with Crippen LogP contribution in [0.3, 0.4) is 0 Å². The number of rotatable bonds is 8. The Morgan fingerprint density at radius 1 is 1.15 bits per heavy atom. The molecule has 0 spiro atoms. The summed E-state index contributed by atoms with van der Waals surface area (Å²) in [4.78, 5) is 31.9. The number of carbonyl (C=O) groups excluding carboxylic acids is 1. The summed E-state index contributed by atoms with van der Waals surface area (Å²) in [6.07, 6.45) is 4.71. The lowest BCUT2D eigenvalue weighted by Crippen LogP contribution is -2.23. The van der Waals surface area contributed by atoms with Gasteiger partial charge in [-0.15, -0.1) is 0 Å². The summed E-state index contributed by atoms with van der Waals surface area (Å²) < 4.78 is 1.63. The molecule has 0 saturated heterocycles. The van der Waals surface area contributed by atoms with Gasteiger partial charge in [0.1, 0.15) is 18.3 Å². The third-order valence-corrected chi connectivity index (χ3v) is 5.03. The number of benzene rings is 2. The second-order valence-electron chi connectivity index (χ2n) is 7.30. The molecular formula is C23H21N7O3. The molecule has 2 N–H and O–H groups in total. The van der Waals surface area contributed by atoms with Gasteiger partial charge >= 0.3 is 0 Å². The molecule has 0 aliphatic heterocycles. The van der Waals surface area contributed by atoms with E-state index >= 15 is 0 Å². The summed E-state index contributed by atoms with van der Waals surface area (Å²) in [5, 5.41) is 21.6. The van der Waals surface area contributed by atoms with Gasteiger partial charge < -0.3 is 10.6 Å². The monoisotopic (exact) mass is 443 g/mol. The minimum Gasteiger partial charge on any atom is -0.371 e. The van der Waals surface area contributed by atoms with E-state index in [1.54, 1.807) is 35.4 Å². The molecule has 166 valence electrons. The van der Waals surface area contributed by atoms with Gasteiger partial charge in [0.05, 0.1) is 22.3 Å². The molecule has 4 aromatic rings. The van der Waals surface area contributed by atoms with Crippen molar-refractivity contribution in [3.05, 3.63) is 106 Å². The summed E-state index contributed by atoms with van der Waals surface area (Å²) in [5.74, 6) is -0.400. The number of anilines is 1. The van der Waals surface area contributed by atoms with Crippen molar-refractivity contribution in [1.29, 1.82) is 0 Å². The zero-order valence-electron chi connectivity index (χ0n) is 17.8. The lowest BCUT2D eigenvalue weighted by Gasteiger charge is -2.15. The zero-order valence-corrected chi connectivity index (χ0v) is 17.8. The Hall–Kier alpha value is -4.60. The van der Waals surface area contributed by atoms with E-state index in [4.69, 9.17) is 0 Å². The third kappa shape index (κ3) is 5.18. The van der Waals surface area contributed by atoms with Crippen LogP contribution in [0.1, 0.15) is 34.6 Å². The third-order valence-electron chi connectivity index (χ3n) is 5.03. The van der Waals surface area contributed by atoms with Crippen LogP contribution in [0, 0.1) is 10.1 Å². The van der Waals surface area contributed by atoms with Gasteiger partial charge in [-0.3, -0.25) is 19.9 Å². The Bertz CT molecular complexity index is 1240.